The van der Waals surface area contributed by atoms with Gasteiger partial charge in [0, 0.05) is 30.9 Å². The van der Waals surface area contributed by atoms with Crippen molar-refractivity contribution in [1.29, 1.82) is 0 Å². The Bertz CT molecular complexity index is 1270. The van der Waals surface area contributed by atoms with Crippen molar-refractivity contribution in [2.24, 2.45) is 12.0 Å². The number of carbonyl (C=O) groups excluding carboxylic acids is 1. The molecule has 1 saturated carbocycles. The molecule has 3 heterocycles. The van der Waals surface area contributed by atoms with E-state index < -0.39 is 15.6 Å². The van der Waals surface area contributed by atoms with Crippen LogP contribution in [0.1, 0.15) is 35.7 Å². The third-order valence-electron chi connectivity index (χ3n) is 6.57. The van der Waals surface area contributed by atoms with E-state index >= 15 is 0 Å². The number of rotatable bonds is 10. The number of guanidine groups is 1. The molecule has 11 nitrogen and oxygen atoms in total. The molecule has 12 heteroatoms. The molecule has 1 aromatic heterocycles. The number of hydrogen-bond donors (Lipinski definition) is 2. The van der Waals surface area contributed by atoms with Crippen LogP contribution in [0.3, 0.4) is 0 Å². The van der Waals surface area contributed by atoms with Gasteiger partial charge in [-0.2, -0.15) is 5.10 Å². The zero-order chi connectivity index (χ0) is 24.8. The normalized spacial score (nSPS) is 20.6. The molecule has 35 heavy (non-hydrogen) atoms. The van der Waals surface area contributed by atoms with Crippen molar-refractivity contribution >= 4 is 27.6 Å². The van der Waals surface area contributed by atoms with Gasteiger partial charge in [0.05, 0.1) is 54.7 Å². The highest BCUT2D eigenvalue weighted by Gasteiger charge is 2.44. The van der Waals surface area contributed by atoms with Crippen LogP contribution in [0.2, 0.25) is 0 Å². The Hall–Kier alpha value is -2.80. The van der Waals surface area contributed by atoms with Crippen LogP contribution in [0.25, 0.3) is 0 Å². The summed E-state index contributed by atoms with van der Waals surface area (Å²) in [7, 11) is -0.0692. The van der Waals surface area contributed by atoms with Crippen molar-refractivity contribution in [3.05, 3.63) is 41.7 Å². The van der Waals surface area contributed by atoms with Crippen LogP contribution in [-0.2, 0) is 28.4 Å². The van der Waals surface area contributed by atoms with Gasteiger partial charge < -0.3 is 15.0 Å². The molecule has 2 N–H and O–H groups in total. The van der Waals surface area contributed by atoms with E-state index in [-0.39, 0.29) is 23.4 Å². The molecule has 2 aromatic rings. The molecule has 188 valence electrons. The van der Waals surface area contributed by atoms with Crippen LogP contribution in [-0.4, -0.2) is 79.9 Å². The first kappa shape index (κ1) is 23.9. The van der Waals surface area contributed by atoms with Gasteiger partial charge in [-0.3, -0.25) is 14.4 Å². The van der Waals surface area contributed by atoms with E-state index in [1.165, 1.54) is 6.07 Å². The van der Waals surface area contributed by atoms with Gasteiger partial charge >= 0.3 is 0 Å². The molecular weight excluding hydrogens is 470 g/mol. The Balaban J connectivity index is 1.49. The van der Waals surface area contributed by atoms with E-state index in [0.29, 0.717) is 37.0 Å². The summed E-state index contributed by atoms with van der Waals surface area (Å²) in [6, 6.07) is 4.65. The predicted molar refractivity (Wildman–Crippen MR) is 131 cm³/mol. The summed E-state index contributed by atoms with van der Waals surface area (Å²) in [5.41, 5.74) is 1.43. The smallest absolute Gasteiger partial charge is 0.263 e. The van der Waals surface area contributed by atoms with E-state index in [4.69, 9.17) is 9.73 Å². The number of carbonyl (C=O) groups is 1. The number of aryl methyl sites for hydroxylation is 1. The average molecular weight is 502 g/mol. The summed E-state index contributed by atoms with van der Waals surface area (Å²) in [4.78, 5) is 22.1. The number of hydrogen-bond acceptors (Lipinski definition) is 8. The predicted octanol–water partition coefficient (Wildman–Crippen LogP) is 0.688. The molecule has 1 aromatic carbocycles. The first-order valence-electron chi connectivity index (χ1n) is 11.7. The lowest BCUT2D eigenvalue weighted by Crippen LogP contribution is -2.53. The molecule has 0 saturated heterocycles. The largest absolute Gasteiger partial charge is 0.378 e. The van der Waals surface area contributed by atoms with Gasteiger partial charge in [-0.1, -0.05) is 0 Å². The van der Waals surface area contributed by atoms with Gasteiger partial charge in [0.25, 0.3) is 5.91 Å². The van der Waals surface area contributed by atoms with E-state index in [1.807, 2.05) is 32.1 Å². The molecular formula is C23H31N7O4S. The minimum atomic E-state index is -3.76. The number of aromatic nitrogens is 2. The highest BCUT2D eigenvalue weighted by molar-refractivity contribution is 7.89. The zero-order valence-corrected chi connectivity index (χ0v) is 21.0. The van der Waals surface area contributed by atoms with E-state index in [9.17, 15) is 13.2 Å². The highest BCUT2D eigenvalue weighted by atomic mass is 32.2. The van der Waals surface area contributed by atoms with Crippen LogP contribution in [0, 0.1) is 0 Å². The number of benzene rings is 1. The molecule has 1 atom stereocenters. The monoisotopic (exact) mass is 501 g/mol. The average Bonchev–Trinajstić information content (AvgIpc) is 3.18. The number of nitrogens with zero attached hydrogens (tertiary/aromatic N) is 5. The maximum atomic E-state index is 13.7. The first-order valence-corrected chi connectivity index (χ1v) is 13.2. The molecule has 1 aliphatic carbocycles. The molecule has 3 aliphatic rings. The third-order valence-corrected chi connectivity index (χ3v) is 8.20. The Labute approximate surface area is 205 Å². The van der Waals surface area contributed by atoms with Crippen molar-refractivity contribution in [2.75, 3.05) is 38.3 Å². The zero-order valence-electron chi connectivity index (χ0n) is 20.2. The summed E-state index contributed by atoms with van der Waals surface area (Å²) in [5.74, 6) is 0.262. The molecule has 1 fully saturated rings. The fraction of sp³-hybridized carbons (Fsp3) is 0.522. The summed E-state index contributed by atoms with van der Waals surface area (Å²) < 4.78 is 36.4. The molecule has 5 rings (SSSR count). The lowest BCUT2D eigenvalue weighted by molar-refractivity contribution is 0.0829. The van der Waals surface area contributed by atoms with E-state index in [0.717, 1.165) is 24.9 Å². The molecule has 1 amide bonds. The summed E-state index contributed by atoms with van der Waals surface area (Å²) >= 11 is 0. The van der Waals surface area contributed by atoms with Gasteiger partial charge in [0.15, 0.2) is 0 Å². The Kier molecular flexibility index (Phi) is 6.16. The van der Waals surface area contributed by atoms with Crippen LogP contribution >= 0.6 is 0 Å². The van der Waals surface area contributed by atoms with Gasteiger partial charge in [-0.25, -0.2) is 18.1 Å². The van der Waals surface area contributed by atoms with Crippen LogP contribution in [0.4, 0.5) is 5.69 Å². The number of amides is 1. The first-order chi connectivity index (χ1) is 16.7. The number of sulfonamides is 1. The van der Waals surface area contributed by atoms with Crippen molar-refractivity contribution in [2.45, 2.75) is 42.8 Å². The summed E-state index contributed by atoms with van der Waals surface area (Å²) in [6.07, 6.45) is 5.17. The SMILES string of the molecule is CNCCOC[C@@H]1CN=C2N(Cc3cnn(C)c3)C(=O)c3cc(S(=O)(=O)NC4(C)CC4)ccc3N21. The second-order valence-corrected chi connectivity index (χ2v) is 11.3. The fourth-order valence-corrected chi connectivity index (χ4v) is 5.89. The molecule has 2 aliphatic heterocycles. The maximum absolute atomic E-state index is 13.7. The number of fused-ring (bicyclic) bond motifs is 3. The molecule has 0 bridgehead atoms. The Morgan fingerprint density at radius 3 is 2.77 bits per heavy atom. The third kappa shape index (κ3) is 4.70. The van der Waals surface area contributed by atoms with Crippen molar-refractivity contribution in [1.82, 2.24) is 24.7 Å². The standard InChI is InChI=1S/C23H31N7O4S/c1-23(6-7-23)27-35(32,33)18-4-5-20-19(10-18)21(31)29(14-16-11-26-28(3)13-16)22-25-12-17(30(20)22)15-34-9-8-24-2/h4-5,10-11,13,17,24,27H,6-9,12,14-15H2,1-3H3/t17-/m0/s1. The lowest BCUT2D eigenvalue weighted by atomic mass is 10.1. The van der Waals surface area contributed by atoms with Crippen molar-refractivity contribution in [3.8, 4) is 0 Å². The number of nitrogens with one attached hydrogen (secondary N) is 2. The molecule has 0 spiro atoms. The molecule has 0 radical (unpaired) electrons. The second kappa shape index (κ2) is 9.01. The van der Waals surface area contributed by atoms with E-state index in [1.54, 1.807) is 27.9 Å². The molecule has 0 unspecified atom stereocenters. The number of aliphatic imine (C=N–C) groups is 1. The summed E-state index contributed by atoms with van der Waals surface area (Å²) in [5, 5.41) is 7.27. The topological polar surface area (TPSA) is 121 Å². The van der Waals surface area contributed by atoms with Crippen LogP contribution in [0.5, 0.6) is 0 Å². The van der Waals surface area contributed by atoms with Gasteiger partial charge in [-0.15, -0.1) is 0 Å². The van der Waals surface area contributed by atoms with Crippen LogP contribution < -0.4 is 14.9 Å². The van der Waals surface area contributed by atoms with E-state index in [2.05, 4.69) is 15.1 Å². The minimum absolute atomic E-state index is 0.0838. The van der Waals surface area contributed by atoms with Crippen molar-refractivity contribution in [3.63, 3.8) is 0 Å². The van der Waals surface area contributed by atoms with Crippen LogP contribution in [0.15, 0.2) is 40.5 Å². The van der Waals surface area contributed by atoms with Crippen molar-refractivity contribution < 1.29 is 17.9 Å². The number of likely N-dealkylation sites (N-methyl/N-ethyl adjacent to an activating group) is 1. The fourth-order valence-electron chi connectivity index (χ4n) is 4.40. The van der Waals surface area contributed by atoms with Gasteiger partial charge in [0.2, 0.25) is 16.0 Å². The Morgan fingerprint density at radius 1 is 1.29 bits per heavy atom. The highest BCUT2D eigenvalue weighted by Crippen LogP contribution is 2.38. The van der Waals surface area contributed by atoms with Gasteiger partial charge in [0.1, 0.15) is 0 Å². The number of anilines is 1. The summed E-state index contributed by atoms with van der Waals surface area (Å²) in [6.45, 7) is 4.37. The Morgan fingerprint density at radius 2 is 2.09 bits per heavy atom. The second-order valence-electron chi connectivity index (χ2n) is 9.60. The quantitative estimate of drug-likeness (QED) is 0.460. The lowest BCUT2D eigenvalue weighted by Gasteiger charge is -2.38. The minimum Gasteiger partial charge on any atom is -0.378 e. The number of ether oxygens (including phenoxy) is 1. The maximum Gasteiger partial charge on any atom is 0.263 e. The van der Waals surface area contributed by atoms with Gasteiger partial charge in [-0.05, 0) is 45.0 Å².